The van der Waals surface area contributed by atoms with E-state index in [9.17, 15) is 14.0 Å². The molecule has 0 spiro atoms. The summed E-state index contributed by atoms with van der Waals surface area (Å²) in [5.74, 6) is -1.27. The summed E-state index contributed by atoms with van der Waals surface area (Å²) in [6.45, 7) is 3.72. The van der Waals surface area contributed by atoms with Gasteiger partial charge in [-0.1, -0.05) is 24.3 Å². The van der Waals surface area contributed by atoms with Crippen LogP contribution < -0.4 is 15.0 Å². The van der Waals surface area contributed by atoms with E-state index in [1.807, 2.05) is 0 Å². The second-order valence-corrected chi connectivity index (χ2v) is 6.36. The summed E-state index contributed by atoms with van der Waals surface area (Å²) in [5, 5.41) is 2.27. The Kier molecular flexibility index (Phi) is 5.65. The predicted octanol–water partition coefficient (Wildman–Crippen LogP) is 3.39. The highest BCUT2D eigenvalue weighted by atomic mass is 32.1. The topological polar surface area (TPSA) is 58.6 Å². The van der Waals surface area contributed by atoms with Crippen LogP contribution in [-0.4, -0.2) is 24.0 Å². The first-order chi connectivity index (χ1) is 13.5. The quantitative estimate of drug-likeness (QED) is 0.364. The van der Waals surface area contributed by atoms with Crippen LogP contribution in [-0.2, 0) is 16.0 Å². The first kappa shape index (κ1) is 19.4. The van der Waals surface area contributed by atoms with Gasteiger partial charge in [-0.3, -0.25) is 14.9 Å². The fourth-order valence-electron chi connectivity index (χ4n) is 2.88. The van der Waals surface area contributed by atoms with Gasteiger partial charge in [-0.25, -0.2) is 9.29 Å². The summed E-state index contributed by atoms with van der Waals surface area (Å²) in [7, 11) is 1.56. The molecule has 2 aromatic carbocycles. The standard InChI is InChI=1S/C21H17FN2O3S/c1-3-6-14-11-13(9-10-18(14)27-2)12-15-19(25)23-21(28)24(20(15)26)17-8-5-4-7-16(17)22/h3-5,7-12H,1,6H2,2H3,(H,23,25,28)/b15-12+. The Hall–Kier alpha value is -3.32. The predicted molar refractivity (Wildman–Crippen MR) is 109 cm³/mol. The average Bonchev–Trinajstić information content (AvgIpc) is 2.67. The zero-order chi connectivity index (χ0) is 20.3. The molecule has 7 heteroatoms. The fourth-order valence-corrected chi connectivity index (χ4v) is 3.15. The Morgan fingerprint density at radius 2 is 2.00 bits per heavy atom. The van der Waals surface area contributed by atoms with E-state index >= 15 is 0 Å². The Morgan fingerprint density at radius 1 is 1.25 bits per heavy atom. The minimum Gasteiger partial charge on any atom is -0.496 e. The lowest BCUT2D eigenvalue weighted by atomic mass is 10.0. The summed E-state index contributed by atoms with van der Waals surface area (Å²) in [6.07, 6.45) is 3.73. The number of para-hydroxylation sites is 1. The van der Waals surface area contributed by atoms with Crippen molar-refractivity contribution < 1.29 is 18.7 Å². The van der Waals surface area contributed by atoms with Gasteiger partial charge in [-0.2, -0.15) is 0 Å². The number of rotatable bonds is 5. The van der Waals surface area contributed by atoms with E-state index in [0.717, 1.165) is 10.5 Å². The number of benzene rings is 2. The Morgan fingerprint density at radius 3 is 2.68 bits per heavy atom. The van der Waals surface area contributed by atoms with E-state index in [4.69, 9.17) is 17.0 Å². The minimum atomic E-state index is -0.695. The second kappa shape index (κ2) is 8.14. The monoisotopic (exact) mass is 396 g/mol. The van der Waals surface area contributed by atoms with Gasteiger partial charge in [0.15, 0.2) is 5.11 Å². The number of hydrogen-bond donors (Lipinski definition) is 1. The highest BCUT2D eigenvalue weighted by Crippen LogP contribution is 2.26. The number of carbonyl (C=O) groups excluding carboxylic acids is 2. The molecule has 2 aromatic rings. The van der Waals surface area contributed by atoms with E-state index in [1.165, 1.54) is 24.3 Å². The van der Waals surface area contributed by atoms with Crippen LogP contribution in [0.15, 0.2) is 60.7 Å². The van der Waals surface area contributed by atoms with Crippen LogP contribution in [0.25, 0.3) is 6.08 Å². The molecule has 28 heavy (non-hydrogen) atoms. The summed E-state index contributed by atoms with van der Waals surface area (Å²) < 4.78 is 19.5. The molecule has 1 aliphatic heterocycles. The highest BCUT2D eigenvalue weighted by molar-refractivity contribution is 7.80. The Balaban J connectivity index is 2.03. The van der Waals surface area contributed by atoms with Crippen molar-refractivity contribution in [2.45, 2.75) is 6.42 Å². The summed E-state index contributed by atoms with van der Waals surface area (Å²) >= 11 is 5.08. The van der Waals surface area contributed by atoms with Gasteiger partial charge in [0.05, 0.1) is 12.8 Å². The van der Waals surface area contributed by atoms with Crippen LogP contribution in [0.1, 0.15) is 11.1 Å². The first-order valence-electron chi connectivity index (χ1n) is 8.40. The number of carbonyl (C=O) groups is 2. The zero-order valence-corrected chi connectivity index (χ0v) is 15.9. The Labute approximate surface area is 167 Å². The molecule has 0 saturated carbocycles. The van der Waals surface area contributed by atoms with E-state index in [-0.39, 0.29) is 16.4 Å². The first-order valence-corrected chi connectivity index (χ1v) is 8.81. The lowest BCUT2D eigenvalue weighted by molar-refractivity contribution is -0.122. The number of thiocarbonyl (C=S) groups is 1. The number of nitrogens with zero attached hydrogens (tertiary/aromatic N) is 1. The van der Waals surface area contributed by atoms with Crippen LogP contribution in [0.3, 0.4) is 0 Å². The SMILES string of the molecule is C=CCc1cc(/C=C2\C(=O)NC(=S)N(c3ccccc3F)C2=O)ccc1OC. The maximum Gasteiger partial charge on any atom is 0.270 e. The number of halogens is 1. The van der Waals surface area contributed by atoms with E-state index < -0.39 is 17.6 Å². The molecule has 0 atom stereocenters. The number of anilines is 1. The molecule has 1 aliphatic rings. The van der Waals surface area contributed by atoms with Crippen molar-refractivity contribution in [3.8, 4) is 5.75 Å². The van der Waals surface area contributed by atoms with Crippen molar-refractivity contribution in [3.05, 3.63) is 77.6 Å². The number of amides is 2. The fraction of sp³-hybridized carbons (Fsp3) is 0.0952. The van der Waals surface area contributed by atoms with Gasteiger partial charge in [0.25, 0.3) is 11.8 Å². The van der Waals surface area contributed by atoms with Crippen LogP contribution >= 0.6 is 12.2 Å². The lowest BCUT2D eigenvalue weighted by Crippen LogP contribution is -2.54. The zero-order valence-electron chi connectivity index (χ0n) is 15.1. The number of nitrogens with one attached hydrogen (secondary N) is 1. The van der Waals surface area contributed by atoms with E-state index in [0.29, 0.717) is 17.7 Å². The summed E-state index contributed by atoms with van der Waals surface area (Å²) in [4.78, 5) is 26.3. The number of hydrogen-bond acceptors (Lipinski definition) is 4. The molecular formula is C21H17FN2O3S. The maximum atomic E-state index is 14.2. The molecule has 0 bridgehead atoms. The second-order valence-electron chi connectivity index (χ2n) is 5.97. The van der Waals surface area contributed by atoms with Crippen molar-refractivity contribution in [2.24, 2.45) is 0 Å². The van der Waals surface area contributed by atoms with Gasteiger partial charge in [-0.05, 0) is 60.1 Å². The molecule has 3 rings (SSSR count). The molecule has 5 nitrogen and oxygen atoms in total. The van der Waals surface area contributed by atoms with Gasteiger partial charge in [0.1, 0.15) is 17.1 Å². The van der Waals surface area contributed by atoms with Gasteiger partial charge in [-0.15, -0.1) is 6.58 Å². The van der Waals surface area contributed by atoms with Crippen molar-refractivity contribution in [1.29, 1.82) is 0 Å². The minimum absolute atomic E-state index is 0.0227. The van der Waals surface area contributed by atoms with E-state index in [1.54, 1.807) is 37.5 Å². The number of ether oxygens (including phenoxy) is 1. The normalized spacial score (nSPS) is 15.6. The van der Waals surface area contributed by atoms with Gasteiger partial charge in [0.2, 0.25) is 0 Å². The van der Waals surface area contributed by atoms with Crippen molar-refractivity contribution in [2.75, 3.05) is 12.0 Å². The van der Waals surface area contributed by atoms with Crippen LogP contribution in [0.5, 0.6) is 5.75 Å². The maximum absolute atomic E-state index is 14.2. The lowest BCUT2D eigenvalue weighted by Gasteiger charge is -2.29. The number of allylic oxidation sites excluding steroid dienone is 1. The third-order valence-corrected chi connectivity index (χ3v) is 4.46. The molecular weight excluding hydrogens is 379 g/mol. The van der Waals surface area contributed by atoms with Crippen molar-refractivity contribution in [1.82, 2.24) is 5.32 Å². The third kappa shape index (κ3) is 3.70. The molecule has 0 radical (unpaired) electrons. The summed E-state index contributed by atoms with van der Waals surface area (Å²) in [5.41, 5.74) is 1.31. The van der Waals surface area contributed by atoms with Gasteiger partial charge < -0.3 is 4.74 Å². The van der Waals surface area contributed by atoms with Crippen LogP contribution in [0.4, 0.5) is 10.1 Å². The molecule has 0 aliphatic carbocycles. The average molecular weight is 396 g/mol. The van der Waals surface area contributed by atoms with Crippen LogP contribution in [0.2, 0.25) is 0 Å². The molecule has 1 fully saturated rings. The van der Waals surface area contributed by atoms with Crippen molar-refractivity contribution in [3.63, 3.8) is 0 Å². The van der Waals surface area contributed by atoms with Crippen LogP contribution in [0, 0.1) is 5.82 Å². The molecule has 142 valence electrons. The Bertz CT molecular complexity index is 1020. The number of methoxy groups -OCH3 is 1. The molecule has 1 heterocycles. The smallest absolute Gasteiger partial charge is 0.270 e. The van der Waals surface area contributed by atoms with E-state index in [2.05, 4.69) is 11.9 Å². The molecule has 0 aromatic heterocycles. The van der Waals surface area contributed by atoms with Gasteiger partial charge >= 0.3 is 0 Å². The van der Waals surface area contributed by atoms with Gasteiger partial charge in [0, 0.05) is 0 Å². The third-order valence-electron chi connectivity index (χ3n) is 4.17. The molecule has 1 saturated heterocycles. The largest absolute Gasteiger partial charge is 0.496 e. The molecule has 0 unspecified atom stereocenters. The summed E-state index contributed by atoms with van der Waals surface area (Å²) in [6, 6.07) is 11.0. The molecule has 2 amide bonds. The highest BCUT2D eigenvalue weighted by Gasteiger charge is 2.35. The van der Waals surface area contributed by atoms with Crippen molar-refractivity contribution >= 4 is 40.9 Å². The molecule has 1 N–H and O–H groups in total.